The fourth-order valence-corrected chi connectivity index (χ4v) is 3.54. The average Bonchev–Trinajstić information content (AvgIpc) is 3.10. The van der Waals surface area contributed by atoms with Gasteiger partial charge in [-0.2, -0.15) is 0 Å². The molecule has 0 atom stereocenters. The molecule has 10 heteroatoms. The van der Waals surface area contributed by atoms with Crippen molar-refractivity contribution in [2.45, 2.75) is 37.8 Å². The zero-order valence-corrected chi connectivity index (χ0v) is 15.6. The van der Waals surface area contributed by atoms with Gasteiger partial charge in [-0.25, -0.2) is 4.79 Å². The van der Waals surface area contributed by atoms with E-state index in [2.05, 4.69) is 15.2 Å². The van der Waals surface area contributed by atoms with E-state index in [0.29, 0.717) is 16.5 Å². The molecule has 3 rings (SSSR count). The van der Waals surface area contributed by atoms with Gasteiger partial charge in [0, 0.05) is 31.4 Å². The average molecular weight is 379 g/mol. The van der Waals surface area contributed by atoms with Crippen LogP contribution in [0.4, 0.5) is 0 Å². The number of thioether (sulfide) groups is 1. The Labute approximate surface area is 153 Å². The summed E-state index contributed by atoms with van der Waals surface area (Å²) in [5.74, 6) is 0.589. The van der Waals surface area contributed by atoms with Crippen LogP contribution in [0.2, 0.25) is 0 Å². The third-order valence-electron chi connectivity index (χ3n) is 4.42. The molecule has 0 radical (unpaired) electrons. The number of amides is 1. The quantitative estimate of drug-likeness (QED) is 0.751. The van der Waals surface area contributed by atoms with Crippen molar-refractivity contribution in [1.29, 1.82) is 0 Å². The number of aryl methyl sites for hydroxylation is 1. The van der Waals surface area contributed by atoms with Crippen LogP contribution < -0.4 is 11.2 Å². The van der Waals surface area contributed by atoms with Gasteiger partial charge in [-0.15, -0.1) is 10.2 Å². The summed E-state index contributed by atoms with van der Waals surface area (Å²) in [5.41, 5.74) is 0.0238. The molecule has 140 valence electrons. The summed E-state index contributed by atoms with van der Waals surface area (Å²) in [4.78, 5) is 40.4. The fourth-order valence-electron chi connectivity index (χ4n) is 2.86. The second-order valence-corrected chi connectivity index (χ2v) is 7.19. The van der Waals surface area contributed by atoms with Crippen LogP contribution >= 0.6 is 11.8 Å². The lowest BCUT2D eigenvalue weighted by molar-refractivity contribution is -0.129. The smallest absolute Gasteiger partial charge is 0.328 e. The van der Waals surface area contributed by atoms with Crippen LogP contribution in [0.15, 0.2) is 19.2 Å². The lowest BCUT2D eigenvalue weighted by atomic mass is 10.1. The maximum atomic E-state index is 12.2. The molecule has 1 N–H and O–H groups in total. The summed E-state index contributed by atoms with van der Waals surface area (Å²) in [6, 6.07) is 0. The van der Waals surface area contributed by atoms with Gasteiger partial charge in [-0.1, -0.05) is 11.8 Å². The number of likely N-dealkylation sites (tertiary alicyclic amines) is 1. The first-order chi connectivity index (χ1) is 12.5. The minimum Gasteiger partial charge on any atom is -0.416 e. The highest BCUT2D eigenvalue weighted by Gasteiger charge is 2.19. The van der Waals surface area contributed by atoms with Gasteiger partial charge in [0.25, 0.3) is 10.8 Å². The minimum atomic E-state index is -0.464. The summed E-state index contributed by atoms with van der Waals surface area (Å²) in [6.07, 6.45) is 3.40. The number of hydrogen-bond donors (Lipinski definition) is 1. The van der Waals surface area contributed by atoms with Gasteiger partial charge in [0.15, 0.2) is 0 Å². The zero-order valence-electron chi connectivity index (χ0n) is 14.8. The highest BCUT2D eigenvalue weighted by atomic mass is 32.2. The third kappa shape index (κ3) is 4.06. The van der Waals surface area contributed by atoms with Crippen molar-refractivity contribution in [3.8, 4) is 0 Å². The van der Waals surface area contributed by atoms with Crippen molar-refractivity contribution in [2.75, 3.05) is 18.8 Å². The molecular formula is C16H21N5O4S. The zero-order chi connectivity index (χ0) is 18.7. The number of aromatic amines is 1. The standard InChI is InChI=1S/C16H21N5O4S/c1-10-11(14(23)20(2)15(24)17-10)8-12-18-19-16(25-12)26-9-13(22)21-6-4-3-5-7-21/h3-9H2,1-2H3,(H,17,24). The SMILES string of the molecule is Cc1[nH]c(=O)n(C)c(=O)c1Cc1nnc(SCC(=O)N2CCCCC2)o1. The number of nitrogens with one attached hydrogen (secondary N) is 1. The fraction of sp³-hybridized carbons (Fsp3) is 0.562. The van der Waals surface area contributed by atoms with E-state index in [1.807, 2.05) is 4.90 Å². The Balaban J connectivity index is 1.64. The first-order valence-corrected chi connectivity index (χ1v) is 9.46. The number of rotatable bonds is 5. The number of nitrogens with zero attached hydrogens (tertiary/aromatic N) is 4. The molecule has 0 bridgehead atoms. The van der Waals surface area contributed by atoms with Gasteiger partial charge in [0.2, 0.25) is 11.8 Å². The molecule has 1 aliphatic heterocycles. The number of H-pyrrole nitrogens is 1. The predicted molar refractivity (Wildman–Crippen MR) is 95.3 cm³/mol. The predicted octanol–water partition coefficient (Wildman–Crippen LogP) is 0.460. The van der Waals surface area contributed by atoms with E-state index in [0.717, 1.165) is 30.5 Å². The van der Waals surface area contributed by atoms with E-state index >= 15 is 0 Å². The molecule has 1 saturated heterocycles. The highest BCUT2D eigenvalue weighted by Crippen LogP contribution is 2.19. The van der Waals surface area contributed by atoms with E-state index in [1.54, 1.807) is 6.92 Å². The number of carbonyl (C=O) groups is 1. The first kappa shape index (κ1) is 18.4. The molecule has 2 aromatic rings. The Morgan fingerprint density at radius 2 is 1.96 bits per heavy atom. The van der Waals surface area contributed by atoms with E-state index in [9.17, 15) is 14.4 Å². The Morgan fingerprint density at radius 3 is 2.69 bits per heavy atom. The number of aromatic nitrogens is 4. The molecule has 1 amide bonds. The third-order valence-corrected chi connectivity index (χ3v) is 5.22. The molecule has 3 heterocycles. The molecule has 9 nitrogen and oxygen atoms in total. The molecule has 0 unspecified atom stereocenters. The van der Waals surface area contributed by atoms with Gasteiger partial charge < -0.3 is 14.3 Å². The molecule has 0 spiro atoms. The van der Waals surface area contributed by atoms with E-state index in [1.165, 1.54) is 25.2 Å². The Bertz CT molecular complexity index is 910. The van der Waals surface area contributed by atoms with Crippen LogP contribution in [-0.2, 0) is 18.3 Å². The van der Waals surface area contributed by atoms with Crippen molar-refractivity contribution in [1.82, 2.24) is 24.6 Å². The van der Waals surface area contributed by atoms with Crippen LogP contribution in [0.25, 0.3) is 0 Å². The van der Waals surface area contributed by atoms with E-state index in [4.69, 9.17) is 4.42 Å². The van der Waals surface area contributed by atoms with Crippen LogP contribution in [0, 0.1) is 6.92 Å². The summed E-state index contributed by atoms with van der Waals surface area (Å²) in [7, 11) is 1.41. The maximum absolute atomic E-state index is 12.2. The van der Waals surface area contributed by atoms with Crippen LogP contribution in [-0.4, -0.2) is 49.4 Å². The topological polar surface area (TPSA) is 114 Å². The van der Waals surface area contributed by atoms with Crippen molar-refractivity contribution in [2.24, 2.45) is 7.05 Å². The van der Waals surface area contributed by atoms with Crippen molar-refractivity contribution in [3.63, 3.8) is 0 Å². The summed E-state index contributed by atoms with van der Waals surface area (Å²) in [5, 5.41) is 8.15. The Morgan fingerprint density at radius 1 is 1.23 bits per heavy atom. The minimum absolute atomic E-state index is 0.0693. The lowest BCUT2D eigenvalue weighted by Gasteiger charge is -2.26. The first-order valence-electron chi connectivity index (χ1n) is 8.47. The van der Waals surface area contributed by atoms with Gasteiger partial charge in [0.1, 0.15) is 0 Å². The molecule has 1 fully saturated rings. The van der Waals surface area contributed by atoms with Gasteiger partial charge >= 0.3 is 5.69 Å². The molecule has 1 aliphatic rings. The summed E-state index contributed by atoms with van der Waals surface area (Å²) < 4.78 is 6.54. The Hall–Kier alpha value is -2.36. The van der Waals surface area contributed by atoms with Crippen molar-refractivity contribution in [3.05, 3.63) is 38.0 Å². The van der Waals surface area contributed by atoms with Crippen LogP contribution in [0.1, 0.15) is 36.4 Å². The summed E-state index contributed by atoms with van der Waals surface area (Å²) in [6.45, 7) is 3.27. The summed E-state index contributed by atoms with van der Waals surface area (Å²) >= 11 is 1.19. The Kier molecular flexibility index (Phi) is 5.60. The number of piperidine rings is 1. The molecule has 2 aromatic heterocycles. The largest absolute Gasteiger partial charge is 0.416 e. The molecular weight excluding hydrogens is 358 g/mol. The van der Waals surface area contributed by atoms with E-state index < -0.39 is 5.69 Å². The van der Waals surface area contributed by atoms with Gasteiger partial charge in [0.05, 0.1) is 12.2 Å². The van der Waals surface area contributed by atoms with Crippen molar-refractivity contribution < 1.29 is 9.21 Å². The molecule has 26 heavy (non-hydrogen) atoms. The monoisotopic (exact) mass is 379 g/mol. The molecule has 0 saturated carbocycles. The molecule has 0 aromatic carbocycles. The van der Waals surface area contributed by atoms with Crippen LogP contribution in [0.5, 0.6) is 0 Å². The highest BCUT2D eigenvalue weighted by molar-refractivity contribution is 7.99. The second-order valence-electron chi connectivity index (χ2n) is 6.27. The lowest BCUT2D eigenvalue weighted by Crippen LogP contribution is -2.36. The van der Waals surface area contributed by atoms with Crippen molar-refractivity contribution >= 4 is 17.7 Å². The second kappa shape index (κ2) is 7.90. The number of carbonyl (C=O) groups excluding carboxylic acids is 1. The van der Waals surface area contributed by atoms with Crippen LogP contribution in [0.3, 0.4) is 0 Å². The van der Waals surface area contributed by atoms with Gasteiger partial charge in [-0.3, -0.25) is 14.2 Å². The maximum Gasteiger partial charge on any atom is 0.328 e. The van der Waals surface area contributed by atoms with Gasteiger partial charge in [-0.05, 0) is 26.2 Å². The molecule has 0 aliphatic carbocycles. The normalized spacial score (nSPS) is 14.6. The number of hydrogen-bond acceptors (Lipinski definition) is 7. The van der Waals surface area contributed by atoms with E-state index in [-0.39, 0.29) is 29.5 Å².